The van der Waals surface area contributed by atoms with Crippen molar-refractivity contribution in [3.63, 3.8) is 0 Å². The number of fused-ring (bicyclic) bond motifs is 9. The average Bonchev–Trinajstić information content (AvgIpc) is 1.70. The Labute approximate surface area is 650 Å². The summed E-state index contributed by atoms with van der Waals surface area (Å²) in [6.45, 7) is 20.6. The van der Waals surface area contributed by atoms with Crippen molar-refractivity contribution in [2.45, 2.75) is 136 Å². The number of carbonyl (C=O) groups excluding carboxylic acids is 3. The van der Waals surface area contributed by atoms with Crippen molar-refractivity contribution >= 4 is 66.2 Å². The number of aliphatic hydroxyl groups excluding tert-OH is 1. The number of aliphatic hydroxyl groups is 1. The van der Waals surface area contributed by atoms with Gasteiger partial charge in [-0.15, -0.1) is 0 Å². The van der Waals surface area contributed by atoms with Crippen molar-refractivity contribution in [1.29, 1.82) is 0 Å². The number of methoxy groups -OCH3 is 5. The van der Waals surface area contributed by atoms with E-state index in [1.807, 2.05) is 107 Å². The van der Waals surface area contributed by atoms with E-state index in [9.17, 15) is 24.6 Å². The molecule has 3 fully saturated rings. The monoisotopic (exact) mass is 1580 g/mol. The van der Waals surface area contributed by atoms with Gasteiger partial charge in [-0.3, -0.25) is 0 Å². The molecule has 0 radical (unpaired) electrons. The molecule has 24 nitrogen and oxygen atoms in total. The third-order valence-corrected chi connectivity index (χ3v) is 23.7. The number of phenols is 1. The van der Waals surface area contributed by atoms with E-state index >= 15 is 0 Å². The molecule has 18 rings (SSSR count). The van der Waals surface area contributed by atoms with Gasteiger partial charge in [0.25, 0.3) is 0 Å². The molecule has 0 saturated carbocycles. The Morgan fingerprint density at radius 2 is 0.739 bits per heavy atom. The molecule has 12 atom stereocenters. The predicted octanol–water partition coefficient (Wildman–Crippen LogP) is 14.8. The van der Waals surface area contributed by atoms with Crippen molar-refractivity contribution in [3.8, 4) is 85.1 Å². The van der Waals surface area contributed by atoms with Crippen LogP contribution in [-0.2, 0) is 71.9 Å². The third kappa shape index (κ3) is 14.0. The first-order valence-electron chi connectivity index (χ1n) is 36.9. The van der Waals surface area contributed by atoms with Gasteiger partial charge in [-0.05, 0) is 162 Å². The van der Waals surface area contributed by atoms with Crippen LogP contribution in [0.25, 0.3) is 65.7 Å². The Kier molecular flexibility index (Phi) is 21.9. The average molecular weight is 1590 g/mol. The maximum Gasteiger partial charge on any atom is 0.339 e. The number of alkyl halides is 1. The lowest BCUT2D eigenvalue weighted by atomic mass is 9.87. The molecule has 3 saturated heterocycles. The molecule has 584 valence electrons. The lowest BCUT2D eigenvalue weighted by molar-refractivity contribution is -0.252. The molecule has 0 spiro atoms. The number of aromatic hydroxyl groups is 1. The summed E-state index contributed by atoms with van der Waals surface area (Å²) in [5.41, 5.74) is 14.6. The standard InChI is InChI=1S/C29H30O7.C28H28O9.C21H16O5.C8H15BrO3/c1-14-8-19-20(9-15(14)2)27(36-29-17(4)26(31-5)16(3)11-33-29)21-12-32-28(30)25(21)24(19)18-6-7-22-23(10-18)35-13-34-22;1-13-7-16-17(8-14(13)2)25(37-28-24(29)26(32-4)21(31-3)11-34-28)18-10-33-27(30)23(18)22(16)15-5-6-19-20(9-15)36-12-35-19;1-10-5-13-14(6-11(10)2)20(22)15-8-24-21(23)19(15)18(13)12-3-4-16-17(7-12)26-9-25-16;1-5-7(11-3)6(10-2)4-12-8(5)9/h6-10,16-17,26,29H,11-13H2,1-5H3;5-9,21,24,26,28-29H,10-12H2,1-4H3;3-7,22H,8-9H2,1-2H3;5-8H,4H2,1-3H3/t16-,17-,26+,29+;21-,24-,26+,28+;;5-,6-,7-,8+/m11.1/s1. The van der Waals surface area contributed by atoms with Crippen LogP contribution in [0.5, 0.6) is 51.7 Å². The summed E-state index contributed by atoms with van der Waals surface area (Å²) in [6.07, 6.45) is -3.55. The zero-order valence-electron chi connectivity index (χ0n) is 64.2. The van der Waals surface area contributed by atoms with Gasteiger partial charge in [-0.1, -0.05) is 73.1 Å². The number of aryl methyl sites for hydroxylation is 6. The molecule has 25 heteroatoms. The van der Waals surface area contributed by atoms with Crippen molar-refractivity contribution in [2.24, 2.45) is 17.8 Å². The van der Waals surface area contributed by atoms with Crippen molar-refractivity contribution in [1.82, 2.24) is 0 Å². The zero-order valence-corrected chi connectivity index (χ0v) is 65.8. The number of benzene rings is 9. The van der Waals surface area contributed by atoms with Crippen LogP contribution in [0.2, 0.25) is 0 Å². The summed E-state index contributed by atoms with van der Waals surface area (Å²) in [4.78, 5) is 38.7. The lowest BCUT2D eigenvalue weighted by Gasteiger charge is -2.39. The van der Waals surface area contributed by atoms with Gasteiger partial charge in [0, 0.05) is 103 Å². The second-order valence-electron chi connectivity index (χ2n) is 29.2. The van der Waals surface area contributed by atoms with Gasteiger partial charge in [0.05, 0.1) is 48.7 Å². The van der Waals surface area contributed by atoms with Gasteiger partial charge < -0.3 is 100 Å². The molecule has 2 N–H and O–H groups in total. The Balaban J connectivity index is 0.000000124. The van der Waals surface area contributed by atoms with E-state index in [0.717, 1.165) is 105 Å². The maximum absolute atomic E-state index is 13.2. The minimum absolute atomic E-state index is 0.00237. The Morgan fingerprint density at radius 1 is 0.378 bits per heavy atom. The number of ether oxygens (including phenoxy) is 19. The predicted molar refractivity (Wildman–Crippen MR) is 411 cm³/mol. The number of halogens is 1. The van der Waals surface area contributed by atoms with Crippen LogP contribution >= 0.6 is 15.9 Å². The summed E-state index contributed by atoms with van der Waals surface area (Å²) in [5, 5.41) is 26.8. The topological polar surface area (TPSA) is 267 Å². The number of phenolic OH excluding ortho intramolecular Hbond substituents is 1. The molecule has 9 heterocycles. The Hall–Kier alpha value is -9.51. The highest BCUT2D eigenvalue weighted by molar-refractivity contribution is 9.09. The molecule has 111 heavy (non-hydrogen) atoms. The van der Waals surface area contributed by atoms with Crippen molar-refractivity contribution in [2.75, 3.05) is 75.7 Å². The highest BCUT2D eigenvalue weighted by atomic mass is 79.9. The van der Waals surface area contributed by atoms with Crippen LogP contribution < -0.4 is 37.9 Å². The maximum atomic E-state index is 13.2. The highest BCUT2D eigenvalue weighted by Crippen LogP contribution is 2.52. The first-order chi connectivity index (χ1) is 53.5. The van der Waals surface area contributed by atoms with E-state index in [1.165, 1.54) is 14.2 Å². The number of esters is 3. The number of carbonyl (C=O) groups is 3. The van der Waals surface area contributed by atoms with E-state index in [1.54, 1.807) is 21.3 Å². The molecular formula is C86H89BrO24. The molecule has 9 aliphatic heterocycles. The van der Waals surface area contributed by atoms with Gasteiger partial charge in [-0.25, -0.2) is 14.4 Å². The summed E-state index contributed by atoms with van der Waals surface area (Å²) in [7, 11) is 8.16. The Morgan fingerprint density at radius 3 is 1.17 bits per heavy atom. The summed E-state index contributed by atoms with van der Waals surface area (Å²) < 4.78 is 107. The van der Waals surface area contributed by atoms with Crippen LogP contribution in [-0.4, -0.2) is 158 Å². The molecule has 9 aliphatic rings. The van der Waals surface area contributed by atoms with E-state index in [4.69, 9.17) is 90.0 Å². The molecule has 0 amide bonds. The van der Waals surface area contributed by atoms with Gasteiger partial charge in [0.15, 0.2) is 34.5 Å². The quantitative estimate of drug-likeness (QED) is 0.0654. The van der Waals surface area contributed by atoms with Gasteiger partial charge in [-0.2, -0.15) is 0 Å². The van der Waals surface area contributed by atoms with Gasteiger partial charge in [0.2, 0.25) is 33.0 Å². The SMILES string of the molecule is CO[C@@H]1[C@@H](C)[C@@H](Br)OC[C@H]1OC.CO[C@@H]1[C@@H](C)[C@H](Oc2c3c(c(-c4ccc5c(c4)OCO5)c4cc(C)c(C)cc24)C(=O)OC3)OC[C@H]1C.CO[C@@H]1[C@@H](O)[C@H](Oc2c3c(c(-c4ccc5c(c4)OCO5)c4cc(C)c(C)cc24)C(=O)OC3)OC[C@H]1OC.Cc1cc2c(O)c3c(c(-c4ccc5c(c4)OCO5)c2cc1C)C(=O)OC3. The Bertz CT molecular complexity index is 5170. The summed E-state index contributed by atoms with van der Waals surface area (Å²) in [5.74, 6) is 4.53. The largest absolute Gasteiger partial charge is 0.507 e. The minimum atomic E-state index is -1.12. The molecular weight excluding hydrogens is 1500 g/mol. The molecule has 9 aromatic carbocycles. The smallest absolute Gasteiger partial charge is 0.339 e. The molecule has 0 aliphatic carbocycles. The van der Waals surface area contributed by atoms with Crippen molar-refractivity contribution in [3.05, 3.63) is 158 Å². The molecule has 0 unspecified atom stereocenters. The van der Waals surface area contributed by atoms with E-state index in [-0.39, 0.29) is 93.7 Å². The number of hydrogen-bond donors (Lipinski definition) is 2. The summed E-state index contributed by atoms with van der Waals surface area (Å²) in [6, 6.07) is 29.3. The first-order valence-corrected chi connectivity index (χ1v) is 37.8. The third-order valence-electron chi connectivity index (χ3n) is 22.6. The zero-order chi connectivity index (χ0) is 78.1. The van der Waals surface area contributed by atoms with Crippen LogP contribution in [0.4, 0.5) is 0 Å². The second kappa shape index (κ2) is 31.6. The highest BCUT2D eigenvalue weighted by Gasteiger charge is 2.45. The van der Waals surface area contributed by atoms with Crippen LogP contribution in [0.3, 0.4) is 0 Å². The molecule has 0 bridgehead atoms. The van der Waals surface area contributed by atoms with Gasteiger partial charge >= 0.3 is 17.9 Å². The van der Waals surface area contributed by atoms with Crippen LogP contribution in [0.15, 0.2) is 91.0 Å². The first kappa shape index (κ1) is 76.8. The fourth-order valence-corrected chi connectivity index (χ4v) is 16.7. The normalized spacial score (nSPS) is 24.2. The van der Waals surface area contributed by atoms with E-state index in [2.05, 4.69) is 62.7 Å². The fourth-order valence-electron chi connectivity index (χ4n) is 16.2. The fraction of sp³-hybridized carbons (Fsp3) is 0.407. The van der Waals surface area contributed by atoms with E-state index in [0.29, 0.717) is 92.9 Å². The lowest BCUT2D eigenvalue weighted by Crippen LogP contribution is -2.56. The van der Waals surface area contributed by atoms with Crippen molar-refractivity contribution < 1.29 is 115 Å². The number of hydrogen-bond acceptors (Lipinski definition) is 24. The van der Waals surface area contributed by atoms with Crippen LogP contribution in [0, 0.1) is 59.3 Å². The molecule has 0 aromatic heterocycles. The second-order valence-corrected chi connectivity index (χ2v) is 30.1. The van der Waals surface area contributed by atoms with Gasteiger partial charge in [0.1, 0.15) is 66.5 Å². The number of rotatable bonds is 12. The van der Waals surface area contributed by atoms with Crippen LogP contribution in [0.1, 0.15) is 102 Å². The minimum Gasteiger partial charge on any atom is -0.507 e. The summed E-state index contributed by atoms with van der Waals surface area (Å²) >= 11 is 3.43. The van der Waals surface area contributed by atoms with E-state index < -0.39 is 42.8 Å². The molecule has 9 aromatic rings. The number of cyclic esters (lactones) is 3.